The third-order valence-corrected chi connectivity index (χ3v) is 3.29. The van der Waals surface area contributed by atoms with Crippen molar-refractivity contribution in [3.05, 3.63) is 0 Å². The van der Waals surface area contributed by atoms with Crippen LogP contribution in [0.3, 0.4) is 0 Å². The van der Waals surface area contributed by atoms with Crippen molar-refractivity contribution < 1.29 is 0 Å². The van der Waals surface area contributed by atoms with Crippen LogP contribution in [0.4, 0.5) is 0 Å². The Balaban J connectivity index is 2.30. The number of nitrogens with one attached hydrogen (secondary N) is 1. The molecule has 0 heterocycles. The molecule has 0 atom stereocenters. The fraction of sp³-hybridized carbons (Fsp3) is 0.917. The molecule has 1 aliphatic rings. The molecule has 15 heavy (non-hydrogen) atoms. The van der Waals surface area contributed by atoms with Crippen LogP contribution in [0, 0.1) is 11.3 Å². The van der Waals surface area contributed by atoms with Gasteiger partial charge in [-0.2, -0.15) is 0 Å². The van der Waals surface area contributed by atoms with Crippen molar-refractivity contribution >= 4 is 5.84 Å². The van der Waals surface area contributed by atoms with Gasteiger partial charge in [0.1, 0.15) is 0 Å². The van der Waals surface area contributed by atoms with Gasteiger partial charge in [-0.05, 0) is 26.9 Å². The summed E-state index contributed by atoms with van der Waals surface area (Å²) in [5, 5.41) is 8.14. The molecule has 0 aliphatic heterocycles. The van der Waals surface area contributed by atoms with E-state index in [1.54, 1.807) is 0 Å². The van der Waals surface area contributed by atoms with Crippen LogP contribution in [0.15, 0.2) is 0 Å². The Kier molecular flexibility index (Phi) is 5.09. The number of hydrogen-bond donors (Lipinski definition) is 1. The van der Waals surface area contributed by atoms with Crippen LogP contribution < -0.4 is 0 Å². The highest BCUT2D eigenvalue weighted by Crippen LogP contribution is 2.25. The minimum Gasteiger partial charge on any atom is -0.362 e. The predicted octanol–water partition coefficient (Wildman–Crippen LogP) is 2.04. The van der Waals surface area contributed by atoms with Gasteiger partial charge in [-0.3, -0.25) is 5.41 Å². The molecule has 88 valence electrons. The van der Waals surface area contributed by atoms with Crippen LogP contribution in [-0.2, 0) is 0 Å². The summed E-state index contributed by atoms with van der Waals surface area (Å²) in [5.41, 5.74) is 0. The van der Waals surface area contributed by atoms with Crippen LogP contribution in [0.2, 0.25) is 0 Å². The highest BCUT2D eigenvalue weighted by atomic mass is 15.2. The predicted molar refractivity (Wildman–Crippen MR) is 65.5 cm³/mol. The molecule has 0 bridgehead atoms. The molecule has 1 N–H and O–H groups in total. The summed E-state index contributed by atoms with van der Waals surface area (Å²) in [6.07, 6.45) is 6.45. The lowest BCUT2D eigenvalue weighted by Crippen LogP contribution is -2.37. The van der Waals surface area contributed by atoms with Gasteiger partial charge in [0.2, 0.25) is 0 Å². The van der Waals surface area contributed by atoms with Gasteiger partial charge in [0.05, 0.1) is 5.84 Å². The fourth-order valence-electron chi connectivity index (χ4n) is 2.16. The second-order valence-electron chi connectivity index (χ2n) is 4.95. The zero-order chi connectivity index (χ0) is 11.3. The Labute approximate surface area is 94.0 Å². The van der Waals surface area contributed by atoms with Gasteiger partial charge in [-0.1, -0.05) is 19.3 Å². The van der Waals surface area contributed by atoms with Gasteiger partial charge in [-0.25, -0.2) is 0 Å². The van der Waals surface area contributed by atoms with Gasteiger partial charge >= 0.3 is 0 Å². The Morgan fingerprint density at radius 3 is 2.20 bits per heavy atom. The van der Waals surface area contributed by atoms with E-state index in [9.17, 15) is 0 Å². The van der Waals surface area contributed by atoms with Gasteiger partial charge < -0.3 is 9.80 Å². The second kappa shape index (κ2) is 6.11. The topological polar surface area (TPSA) is 30.3 Å². The van der Waals surface area contributed by atoms with Crippen molar-refractivity contribution in [1.29, 1.82) is 5.41 Å². The Morgan fingerprint density at radius 2 is 1.67 bits per heavy atom. The molecule has 3 nitrogen and oxygen atoms in total. The van der Waals surface area contributed by atoms with E-state index >= 15 is 0 Å². The zero-order valence-electron chi connectivity index (χ0n) is 10.4. The summed E-state index contributed by atoms with van der Waals surface area (Å²) in [4.78, 5) is 4.29. The Bertz CT molecular complexity index is 195. The van der Waals surface area contributed by atoms with Crippen LogP contribution in [0.25, 0.3) is 0 Å². The lowest BCUT2D eigenvalue weighted by atomic mass is 9.88. The minimum atomic E-state index is 0.533. The maximum atomic E-state index is 8.14. The van der Waals surface area contributed by atoms with Crippen molar-refractivity contribution in [2.24, 2.45) is 5.92 Å². The standard InChI is InChI=1S/C12H25N3/c1-14(2)9-10-15(3)12(13)11-7-5-4-6-8-11/h11,13H,4-10H2,1-3H3. The lowest BCUT2D eigenvalue weighted by molar-refractivity contribution is 0.334. The van der Waals surface area contributed by atoms with E-state index in [0.717, 1.165) is 18.9 Å². The number of nitrogens with zero attached hydrogens (tertiary/aromatic N) is 2. The molecule has 0 aromatic carbocycles. The molecule has 0 radical (unpaired) electrons. The lowest BCUT2D eigenvalue weighted by Gasteiger charge is -2.29. The number of rotatable bonds is 4. The highest BCUT2D eigenvalue weighted by Gasteiger charge is 2.20. The molecule has 1 rings (SSSR count). The molecule has 0 aromatic rings. The summed E-state index contributed by atoms with van der Waals surface area (Å²) < 4.78 is 0. The first-order valence-corrected chi connectivity index (χ1v) is 6.05. The molecule has 0 aromatic heterocycles. The van der Waals surface area contributed by atoms with Crippen molar-refractivity contribution in [2.45, 2.75) is 32.1 Å². The highest BCUT2D eigenvalue weighted by molar-refractivity contribution is 5.81. The maximum Gasteiger partial charge on any atom is 0.0987 e. The molecule has 1 aliphatic carbocycles. The SMILES string of the molecule is CN(C)CCN(C)C(=N)C1CCCCC1. The van der Waals surface area contributed by atoms with Crippen LogP contribution in [0.5, 0.6) is 0 Å². The molecule has 0 spiro atoms. The quantitative estimate of drug-likeness (QED) is 0.570. The maximum absolute atomic E-state index is 8.14. The average molecular weight is 211 g/mol. The van der Waals surface area contributed by atoms with E-state index in [1.807, 2.05) is 0 Å². The third kappa shape index (κ3) is 4.20. The van der Waals surface area contributed by atoms with Crippen molar-refractivity contribution in [2.75, 3.05) is 34.2 Å². The molecule has 1 saturated carbocycles. The average Bonchev–Trinajstić information content (AvgIpc) is 2.26. The van der Waals surface area contributed by atoms with E-state index < -0.39 is 0 Å². The molecule has 0 amide bonds. The molecule has 3 heteroatoms. The first kappa shape index (κ1) is 12.5. The summed E-state index contributed by atoms with van der Waals surface area (Å²) in [6.45, 7) is 2.01. The smallest absolute Gasteiger partial charge is 0.0987 e. The third-order valence-electron chi connectivity index (χ3n) is 3.29. The first-order chi connectivity index (χ1) is 7.11. The van der Waals surface area contributed by atoms with Crippen molar-refractivity contribution in [3.63, 3.8) is 0 Å². The van der Waals surface area contributed by atoms with E-state index in [4.69, 9.17) is 5.41 Å². The van der Waals surface area contributed by atoms with Crippen LogP contribution in [-0.4, -0.2) is 49.9 Å². The molecule has 1 fully saturated rings. The van der Waals surface area contributed by atoms with Gasteiger partial charge in [0, 0.05) is 26.1 Å². The zero-order valence-corrected chi connectivity index (χ0v) is 10.4. The second-order valence-corrected chi connectivity index (χ2v) is 4.95. The molecular formula is C12H25N3. The van der Waals surface area contributed by atoms with Crippen molar-refractivity contribution in [1.82, 2.24) is 9.80 Å². The normalized spacial score (nSPS) is 18.1. The van der Waals surface area contributed by atoms with E-state index in [-0.39, 0.29) is 0 Å². The monoisotopic (exact) mass is 211 g/mol. The summed E-state index contributed by atoms with van der Waals surface area (Å²) >= 11 is 0. The van der Waals surface area contributed by atoms with Crippen LogP contribution in [0.1, 0.15) is 32.1 Å². The largest absolute Gasteiger partial charge is 0.362 e. The molecule has 0 saturated heterocycles. The van der Waals surface area contributed by atoms with E-state index in [0.29, 0.717) is 5.92 Å². The minimum absolute atomic E-state index is 0.533. The summed E-state index contributed by atoms with van der Waals surface area (Å²) in [6, 6.07) is 0. The van der Waals surface area contributed by atoms with Crippen molar-refractivity contribution in [3.8, 4) is 0 Å². The van der Waals surface area contributed by atoms with E-state index in [2.05, 4.69) is 30.9 Å². The van der Waals surface area contributed by atoms with Gasteiger partial charge in [-0.15, -0.1) is 0 Å². The number of hydrogen-bond acceptors (Lipinski definition) is 2. The molecule has 0 unspecified atom stereocenters. The number of amidine groups is 1. The Morgan fingerprint density at radius 1 is 1.07 bits per heavy atom. The van der Waals surface area contributed by atoms with Gasteiger partial charge in [0.15, 0.2) is 0 Å². The first-order valence-electron chi connectivity index (χ1n) is 6.05. The summed E-state index contributed by atoms with van der Waals surface area (Å²) in [5.74, 6) is 1.39. The van der Waals surface area contributed by atoms with Crippen LogP contribution >= 0.6 is 0 Å². The summed E-state index contributed by atoms with van der Waals surface area (Å²) in [7, 11) is 6.22. The molecular weight excluding hydrogens is 186 g/mol. The fourth-order valence-corrected chi connectivity index (χ4v) is 2.16. The Hall–Kier alpha value is -0.570. The number of likely N-dealkylation sites (N-methyl/N-ethyl adjacent to an activating group) is 2. The van der Waals surface area contributed by atoms with Gasteiger partial charge in [0.25, 0.3) is 0 Å². The van der Waals surface area contributed by atoms with E-state index in [1.165, 1.54) is 32.1 Å².